The van der Waals surface area contributed by atoms with Gasteiger partial charge in [0.15, 0.2) is 35.5 Å². The molecule has 3 aromatic carbocycles. The molecule has 12 heteroatoms. The molecular formula is C27H28BrN2O9+. The molecule has 0 atom stereocenters. The number of ether oxygens (including phenoxy) is 7. The lowest BCUT2D eigenvalue weighted by molar-refractivity contribution is -0.642. The van der Waals surface area contributed by atoms with E-state index in [9.17, 15) is 10.1 Å². The molecule has 0 saturated carbocycles. The van der Waals surface area contributed by atoms with Crippen molar-refractivity contribution in [3.05, 3.63) is 46.6 Å². The van der Waals surface area contributed by atoms with Gasteiger partial charge in [0, 0.05) is 31.6 Å². The van der Waals surface area contributed by atoms with Gasteiger partial charge in [-0.1, -0.05) is 0 Å². The van der Waals surface area contributed by atoms with Crippen LogP contribution in [0.25, 0.3) is 32.4 Å². The zero-order valence-corrected chi connectivity index (χ0v) is 23.7. The maximum atomic E-state index is 11.3. The van der Waals surface area contributed by atoms with Crippen molar-refractivity contribution in [3.8, 4) is 28.7 Å². The van der Waals surface area contributed by atoms with Gasteiger partial charge in [0.1, 0.15) is 32.6 Å². The molecule has 206 valence electrons. The largest absolute Gasteiger partial charge is 0.493 e. The maximum Gasteiger partial charge on any atom is 0.320 e. The number of halogens is 1. The van der Waals surface area contributed by atoms with Crippen LogP contribution in [0.1, 0.15) is 0 Å². The lowest BCUT2D eigenvalue weighted by Gasteiger charge is -2.29. The lowest BCUT2D eigenvalue weighted by atomic mass is 9.99. The number of alkyl halides is 1. The molecule has 0 N–H and O–H groups in total. The number of rotatable bonds is 8. The zero-order valence-electron chi connectivity index (χ0n) is 22.1. The molecule has 0 spiro atoms. The average Bonchev–Trinajstić information content (AvgIpc) is 2.94. The van der Waals surface area contributed by atoms with Gasteiger partial charge < -0.3 is 33.2 Å². The van der Waals surface area contributed by atoms with Gasteiger partial charge in [-0.2, -0.15) is 4.57 Å². The van der Waals surface area contributed by atoms with Gasteiger partial charge in [0.2, 0.25) is 5.52 Å². The number of fused-ring (bicyclic) bond motifs is 5. The van der Waals surface area contributed by atoms with Crippen molar-refractivity contribution in [2.24, 2.45) is 7.05 Å². The van der Waals surface area contributed by atoms with Crippen molar-refractivity contribution < 1.29 is 42.6 Å². The highest BCUT2D eigenvalue weighted by Crippen LogP contribution is 2.43. The van der Waals surface area contributed by atoms with Crippen molar-refractivity contribution in [2.75, 3.05) is 48.3 Å². The first kappa shape index (κ1) is 27.0. The van der Waals surface area contributed by atoms with E-state index in [4.69, 9.17) is 33.2 Å². The minimum absolute atomic E-state index is 0.0176. The van der Waals surface area contributed by atoms with Crippen LogP contribution in [0.2, 0.25) is 0 Å². The molecule has 1 fully saturated rings. The molecule has 0 unspecified atom stereocenters. The molecule has 1 saturated heterocycles. The van der Waals surface area contributed by atoms with Crippen LogP contribution in [0.3, 0.4) is 0 Å². The smallest absolute Gasteiger partial charge is 0.320 e. The Hall–Kier alpha value is -3.61. The number of nitro groups is 1. The quantitative estimate of drug-likeness (QED) is 0.0732. The molecule has 1 aromatic heterocycles. The van der Waals surface area contributed by atoms with Gasteiger partial charge in [-0.05, 0) is 30.3 Å². The third kappa shape index (κ3) is 4.72. The summed E-state index contributed by atoms with van der Waals surface area (Å²) in [4.78, 5) is 10.8. The summed E-state index contributed by atoms with van der Waals surface area (Å²) < 4.78 is 40.3. The number of pyridine rings is 1. The second kappa shape index (κ2) is 10.5. The summed E-state index contributed by atoms with van der Waals surface area (Å²) in [7, 11) is 8.33. The molecule has 4 aromatic rings. The Morgan fingerprint density at radius 1 is 0.872 bits per heavy atom. The Morgan fingerprint density at radius 2 is 1.36 bits per heavy atom. The van der Waals surface area contributed by atoms with E-state index in [1.54, 1.807) is 28.4 Å². The van der Waals surface area contributed by atoms with Gasteiger partial charge >= 0.3 is 4.45 Å². The fraction of sp³-hybridized carbons (Fsp3) is 0.370. The van der Waals surface area contributed by atoms with E-state index in [-0.39, 0.29) is 19.8 Å². The summed E-state index contributed by atoms with van der Waals surface area (Å²) in [5.41, 5.74) is 0.943. The van der Waals surface area contributed by atoms with Gasteiger partial charge in [0.05, 0.1) is 44.6 Å². The van der Waals surface area contributed by atoms with Crippen molar-refractivity contribution in [3.63, 3.8) is 0 Å². The molecule has 5 rings (SSSR count). The van der Waals surface area contributed by atoms with Crippen LogP contribution in [0, 0.1) is 10.1 Å². The highest BCUT2D eigenvalue weighted by Gasteiger charge is 2.45. The van der Waals surface area contributed by atoms with Crippen molar-refractivity contribution in [2.45, 2.75) is 10.7 Å². The molecule has 0 amide bonds. The van der Waals surface area contributed by atoms with E-state index in [2.05, 4.69) is 15.9 Å². The molecule has 1 aliphatic heterocycles. The van der Waals surface area contributed by atoms with Gasteiger partial charge in [-0.25, -0.2) is 0 Å². The monoisotopic (exact) mass is 603 g/mol. The first-order chi connectivity index (χ1) is 18.7. The number of hydrogen-bond acceptors (Lipinski definition) is 9. The highest BCUT2D eigenvalue weighted by molar-refractivity contribution is 9.10. The maximum absolute atomic E-state index is 11.3. The van der Waals surface area contributed by atoms with Gasteiger partial charge in [0.25, 0.3) is 0 Å². The van der Waals surface area contributed by atoms with E-state index >= 15 is 0 Å². The van der Waals surface area contributed by atoms with Crippen LogP contribution in [0.15, 0.2) is 36.5 Å². The van der Waals surface area contributed by atoms with E-state index in [0.29, 0.717) is 28.7 Å². The van der Waals surface area contributed by atoms with Crippen LogP contribution in [0.4, 0.5) is 0 Å². The molecule has 0 radical (unpaired) electrons. The Bertz CT molecular complexity index is 1590. The van der Waals surface area contributed by atoms with Crippen LogP contribution in [0.5, 0.6) is 28.7 Å². The fourth-order valence-electron chi connectivity index (χ4n) is 4.80. The first-order valence-electron chi connectivity index (χ1n) is 12.0. The molecule has 11 nitrogen and oxygen atoms in total. The van der Waals surface area contributed by atoms with Crippen LogP contribution in [-0.4, -0.2) is 63.9 Å². The average molecular weight is 604 g/mol. The Morgan fingerprint density at radius 3 is 1.92 bits per heavy atom. The van der Waals surface area contributed by atoms with Gasteiger partial charge in [-0.3, -0.25) is 10.1 Å². The van der Waals surface area contributed by atoms with E-state index in [1.165, 1.54) is 0 Å². The summed E-state index contributed by atoms with van der Waals surface area (Å²) in [5, 5.41) is 15.7. The van der Waals surface area contributed by atoms with Crippen molar-refractivity contribution in [1.29, 1.82) is 0 Å². The second-order valence-corrected chi connectivity index (χ2v) is 10.6. The minimum Gasteiger partial charge on any atom is -0.493 e. The fourth-order valence-corrected chi connectivity index (χ4v) is 5.07. The number of hydrogen-bond donors (Lipinski definition) is 0. The molecule has 2 heterocycles. The molecule has 39 heavy (non-hydrogen) atoms. The van der Waals surface area contributed by atoms with Gasteiger partial charge in [-0.15, -0.1) is 0 Å². The molecule has 0 bridgehead atoms. The summed E-state index contributed by atoms with van der Waals surface area (Å²) in [6.45, 7) is -0.289. The van der Waals surface area contributed by atoms with E-state index in [1.807, 2.05) is 48.1 Å². The number of methoxy groups -OCH3 is 4. The molecule has 1 aliphatic rings. The number of nitrogens with zero attached hydrogens (tertiary/aromatic N) is 2. The SMILES string of the molecule is COc1cc2c[n+](C)c3c4cc(OC)c(OC)cc4c(OCC4OCC(Br)([N+](=O)[O-])CO4)cc3c2cc1OC. The highest BCUT2D eigenvalue weighted by atomic mass is 79.9. The predicted molar refractivity (Wildman–Crippen MR) is 146 cm³/mol. The number of aryl methyl sites for hydroxylation is 1. The third-order valence-corrected chi connectivity index (χ3v) is 7.54. The topological polar surface area (TPSA) is 112 Å². The number of aromatic nitrogens is 1. The Labute approximate surface area is 232 Å². The summed E-state index contributed by atoms with van der Waals surface area (Å²) in [5.74, 6) is 2.89. The Kier molecular flexibility index (Phi) is 7.27. The summed E-state index contributed by atoms with van der Waals surface area (Å²) in [6.07, 6.45) is 1.25. The first-order valence-corrected chi connectivity index (χ1v) is 12.8. The summed E-state index contributed by atoms with van der Waals surface area (Å²) in [6, 6.07) is 9.60. The van der Waals surface area contributed by atoms with Crippen LogP contribution < -0.4 is 28.3 Å². The normalized spacial score (nSPS) is 19.3. The predicted octanol–water partition coefficient (Wildman–Crippen LogP) is 4.12. The Balaban J connectivity index is 1.67. The minimum atomic E-state index is -1.48. The molecular weight excluding hydrogens is 576 g/mol. The zero-order chi connectivity index (χ0) is 27.9. The van der Waals surface area contributed by atoms with Crippen LogP contribution >= 0.6 is 15.9 Å². The van der Waals surface area contributed by atoms with Crippen molar-refractivity contribution in [1.82, 2.24) is 0 Å². The lowest BCUT2D eigenvalue weighted by Crippen LogP contribution is -2.49. The van der Waals surface area contributed by atoms with Crippen molar-refractivity contribution >= 4 is 48.4 Å². The van der Waals surface area contributed by atoms with Crippen LogP contribution in [-0.2, 0) is 16.5 Å². The van der Waals surface area contributed by atoms with E-state index < -0.39 is 15.7 Å². The van der Waals surface area contributed by atoms with E-state index in [0.717, 1.165) is 32.4 Å². The summed E-state index contributed by atoms with van der Waals surface area (Å²) >= 11 is 3.09. The second-order valence-electron chi connectivity index (χ2n) is 9.10. The third-order valence-electron chi connectivity index (χ3n) is 6.79. The molecule has 0 aliphatic carbocycles. The standard InChI is InChI=1S/C27H28BrN2O9/c1-29-11-15-6-21(33-2)22(34-3)7-16(15)18-9-20(37-12-25-38-13-27(28,14-39-25)30(31)32)17-8-23(35-4)24(36-5)10-19(17)26(18)29/h6-11,25H,12-14H2,1-5H3/q+1. The number of benzene rings is 3.